The number of carbonyl (C=O) groups is 3. The van der Waals surface area contributed by atoms with Gasteiger partial charge in [-0.25, -0.2) is 0 Å². The number of hydrogen-bond acceptors (Lipinski definition) is 5. The van der Waals surface area contributed by atoms with Gasteiger partial charge in [0, 0.05) is 13.3 Å². The summed E-state index contributed by atoms with van der Waals surface area (Å²) in [7, 11) is 0. The maximum absolute atomic E-state index is 12.9. The largest absolute Gasteiger partial charge is 0.485 e. The van der Waals surface area contributed by atoms with E-state index < -0.39 is 23.9 Å². The lowest BCUT2D eigenvalue weighted by molar-refractivity contribution is -0.131. The molecule has 0 spiro atoms. The number of nitrogens with two attached hydrogens (primary N) is 1. The van der Waals surface area contributed by atoms with E-state index in [9.17, 15) is 14.4 Å². The van der Waals surface area contributed by atoms with E-state index in [4.69, 9.17) is 15.2 Å². The van der Waals surface area contributed by atoms with Crippen molar-refractivity contribution in [3.63, 3.8) is 0 Å². The quantitative estimate of drug-likeness (QED) is 0.291. The first-order valence-electron chi connectivity index (χ1n) is 13.0. The Bertz CT molecular complexity index is 1230. The summed E-state index contributed by atoms with van der Waals surface area (Å²) in [5.41, 5.74) is 8.39. The SMILES string of the molecule is CC(=O)N[C@@H](CC(C)C)C(=O)N[C@@H](Cc1ccc(OCc2ccccc2)c(OCc2ccccc2)c1)C(N)=O. The molecule has 39 heavy (non-hydrogen) atoms. The highest BCUT2D eigenvalue weighted by Gasteiger charge is 2.26. The summed E-state index contributed by atoms with van der Waals surface area (Å²) in [5.74, 6) is -0.222. The van der Waals surface area contributed by atoms with Crippen molar-refractivity contribution < 1.29 is 23.9 Å². The van der Waals surface area contributed by atoms with Crippen molar-refractivity contribution in [2.24, 2.45) is 11.7 Å². The van der Waals surface area contributed by atoms with Gasteiger partial charge in [-0.3, -0.25) is 14.4 Å². The maximum atomic E-state index is 12.9. The molecule has 206 valence electrons. The van der Waals surface area contributed by atoms with Crippen molar-refractivity contribution in [2.45, 2.75) is 58.9 Å². The molecule has 0 unspecified atom stereocenters. The van der Waals surface area contributed by atoms with Gasteiger partial charge in [-0.15, -0.1) is 0 Å². The molecule has 0 aliphatic carbocycles. The predicted molar refractivity (Wildman–Crippen MR) is 150 cm³/mol. The molecule has 0 heterocycles. The van der Waals surface area contributed by atoms with Crippen LogP contribution in [0.25, 0.3) is 0 Å². The first-order valence-corrected chi connectivity index (χ1v) is 13.0. The number of amides is 3. The Morgan fingerprint density at radius 3 is 1.82 bits per heavy atom. The van der Waals surface area contributed by atoms with Gasteiger partial charge >= 0.3 is 0 Å². The topological polar surface area (TPSA) is 120 Å². The fourth-order valence-electron chi connectivity index (χ4n) is 4.06. The Labute approximate surface area is 229 Å². The zero-order valence-corrected chi connectivity index (χ0v) is 22.7. The van der Waals surface area contributed by atoms with Gasteiger partial charge in [-0.2, -0.15) is 0 Å². The molecular weight excluding hydrogens is 494 g/mol. The predicted octanol–water partition coefficient (Wildman–Crippen LogP) is 3.91. The molecule has 0 aromatic heterocycles. The minimum atomic E-state index is -0.973. The molecule has 2 atom stereocenters. The smallest absolute Gasteiger partial charge is 0.243 e. The summed E-state index contributed by atoms with van der Waals surface area (Å²) in [6.45, 7) is 5.94. The molecule has 3 amide bonds. The molecule has 0 bridgehead atoms. The standard InChI is InChI=1S/C31H37N3O5/c1-21(2)16-27(33-22(3)35)31(37)34-26(30(32)36)17-25-14-15-28(38-19-23-10-6-4-7-11-23)29(18-25)39-20-24-12-8-5-9-13-24/h4-15,18,21,26-27H,16-17,19-20H2,1-3H3,(H2,32,36)(H,33,35)(H,34,37)/t26-,27-/m0/s1. The number of rotatable bonds is 14. The first-order chi connectivity index (χ1) is 18.7. The van der Waals surface area contributed by atoms with E-state index in [0.29, 0.717) is 31.1 Å². The van der Waals surface area contributed by atoms with Gasteiger partial charge < -0.3 is 25.8 Å². The zero-order valence-electron chi connectivity index (χ0n) is 22.7. The number of benzene rings is 3. The molecule has 8 nitrogen and oxygen atoms in total. The lowest BCUT2D eigenvalue weighted by Gasteiger charge is -2.23. The zero-order chi connectivity index (χ0) is 28.2. The third-order valence-corrected chi connectivity index (χ3v) is 5.98. The molecular formula is C31H37N3O5. The Kier molecular flexibility index (Phi) is 10.9. The van der Waals surface area contributed by atoms with Crippen molar-refractivity contribution in [1.82, 2.24) is 10.6 Å². The van der Waals surface area contributed by atoms with Crippen molar-refractivity contribution in [2.75, 3.05) is 0 Å². The number of nitrogens with one attached hydrogen (secondary N) is 2. The number of primary amides is 1. The minimum Gasteiger partial charge on any atom is -0.485 e. The molecule has 8 heteroatoms. The van der Waals surface area contributed by atoms with Gasteiger partial charge in [-0.1, -0.05) is 80.6 Å². The van der Waals surface area contributed by atoms with Crippen LogP contribution in [0, 0.1) is 5.92 Å². The van der Waals surface area contributed by atoms with E-state index in [1.54, 1.807) is 12.1 Å². The van der Waals surface area contributed by atoms with Crippen molar-refractivity contribution >= 4 is 17.7 Å². The van der Waals surface area contributed by atoms with Crippen LogP contribution in [0.2, 0.25) is 0 Å². The Hall–Kier alpha value is -4.33. The minimum absolute atomic E-state index is 0.149. The summed E-state index contributed by atoms with van der Waals surface area (Å²) in [5, 5.41) is 5.37. The highest BCUT2D eigenvalue weighted by atomic mass is 16.5. The van der Waals surface area contributed by atoms with E-state index in [2.05, 4.69) is 10.6 Å². The summed E-state index contributed by atoms with van der Waals surface area (Å²) >= 11 is 0. The van der Waals surface area contributed by atoms with Gasteiger partial charge in [0.05, 0.1) is 0 Å². The molecule has 3 aromatic rings. The van der Waals surface area contributed by atoms with Crippen LogP contribution >= 0.6 is 0 Å². The van der Waals surface area contributed by atoms with Gasteiger partial charge in [-0.05, 0) is 41.2 Å². The monoisotopic (exact) mass is 531 g/mol. The number of ether oxygens (including phenoxy) is 2. The summed E-state index contributed by atoms with van der Waals surface area (Å²) < 4.78 is 12.2. The van der Waals surface area contributed by atoms with Gasteiger partial charge in [0.2, 0.25) is 17.7 Å². The molecule has 0 aliphatic rings. The molecule has 3 aromatic carbocycles. The Balaban J connectivity index is 1.78. The second-order valence-corrected chi connectivity index (χ2v) is 9.88. The highest BCUT2D eigenvalue weighted by molar-refractivity contribution is 5.91. The van der Waals surface area contributed by atoms with E-state index in [1.165, 1.54) is 6.92 Å². The average Bonchev–Trinajstić information content (AvgIpc) is 2.91. The molecule has 3 rings (SSSR count). The maximum Gasteiger partial charge on any atom is 0.243 e. The lowest BCUT2D eigenvalue weighted by atomic mass is 10.0. The normalized spacial score (nSPS) is 12.3. The van der Waals surface area contributed by atoms with Crippen LogP contribution in [0.3, 0.4) is 0 Å². The second-order valence-electron chi connectivity index (χ2n) is 9.88. The van der Waals surface area contributed by atoms with E-state index in [-0.39, 0.29) is 18.2 Å². The summed E-state index contributed by atoms with van der Waals surface area (Å²) in [6, 6.07) is 23.2. The van der Waals surface area contributed by atoms with Crippen LogP contribution < -0.4 is 25.8 Å². The number of hydrogen-bond donors (Lipinski definition) is 3. The van der Waals surface area contributed by atoms with Crippen LogP contribution in [-0.2, 0) is 34.0 Å². The summed E-state index contributed by atoms with van der Waals surface area (Å²) in [4.78, 5) is 36.9. The van der Waals surface area contributed by atoms with E-state index in [1.807, 2.05) is 80.6 Å². The van der Waals surface area contributed by atoms with Crippen molar-refractivity contribution in [1.29, 1.82) is 0 Å². The average molecular weight is 532 g/mol. The molecule has 0 saturated carbocycles. The third-order valence-electron chi connectivity index (χ3n) is 5.98. The molecule has 0 radical (unpaired) electrons. The molecule has 0 aliphatic heterocycles. The van der Waals surface area contributed by atoms with Crippen molar-refractivity contribution in [3.05, 3.63) is 95.6 Å². The fourth-order valence-corrected chi connectivity index (χ4v) is 4.06. The Morgan fingerprint density at radius 1 is 0.744 bits per heavy atom. The van der Waals surface area contributed by atoms with Crippen LogP contribution in [0.5, 0.6) is 11.5 Å². The Morgan fingerprint density at radius 2 is 1.31 bits per heavy atom. The van der Waals surface area contributed by atoms with Crippen LogP contribution in [-0.4, -0.2) is 29.8 Å². The van der Waals surface area contributed by atoms with Gasteiger partial charge in [0.1, 0.15) is 25.3 Å². The third kappa shape index (κ3) is 9.81. The summed E-state index contributed by atoms with van der Waals surface area (Å²) in [6.07, 6.45) is 0.581. The lowest BCUT2D eigenvalue weighted by Crippen LogP contribution is -2.53. The molecule has 4 N–H and O–H groups in total. The molecule has 0 saturated heterocycles. The molecule has 0 fully saturated rings. The van der Waals surface area contributed by atoms with Crippen molar-refractivity contribution in [3.8, 4) is 11.5 Å². The van der Waals surface area contributed by atoms with Crippen LogP contribution in [0.4, 0.5) is 0 Å². The number of carbonyl (C=O) groups excluding carboxylic acids is 3. The fraction of sp³-hybridized carbons (Fsp3) is 0.323. The van der Waals surface area contributed by atoms with Crippen LogP contribution in [0.15, 0.2) is 78.9 Å². The second kappa shape index (κ2) is 14.6. The van der Waals surface area contributed by atoms with E-state index in [0.717, 1.165) is 16.7 Å². The first kappa shape index (κ1) is 29.2. The van der Waals surface area contributed by atoms with Gasteiger partial charge in [0.15, 0.2) is 11.5 Å². The van der Waals surface area contributed by atoms with Gasteiger partial charge in [0.25, 0.3) is 0 Å². The van der Waals surface area contributed by atoms with E-state index >= 15 is 0 Å². The highest BCUT2D eigenvalue weighted by Crippen LogP contribution is 2.30. The van der Waals surface area contributed by atoms with Crippen LogP contribution in [0.1, 0.15) is 43.9 Å².